The smallest absolute Gasteiger partial charge is 0.335 e. The van der Waals surface area contributed by atoms with Crippen LogP contribution < -0.4 is 10.2 Å². The Kier molecular flexibility index (Phi) is 7.79. The third-order valence-corrected chi connectivity index (χ3v) is 6.33. The van der Waals surface area contributed by atoms with Crippen molar-refractivity contribution in [2.45, 2.75) is 9.79 Å². The molecule has 4 rings (SSSR count). The second-order valence-corrected chi connectivity index (χ2v) is 8.88. The van der Waals surface area contributed by atoms with E-state index < -0.39 is 5.97 Å². The van der Waals surface area contributed by atoms with E-state index in [1.54, 1.807) is 36.5 Å². The molecular weight excluding hydrogens is 452 g/mol. The number of hydrogen-bond acceptors (Lipinski definition) is 7. The average Bonchev–Trinajstić information content (AvgIpc) is 2.86. The van der Waals surface area contributed by atoms with Crippen LogP contribution in [0.3, 0.4) is 0 Å². The highest BCUT2D eigenvalue weighted by molar-refractivity contribution is 7.99. The zero-order chi connectivity index (χ0) is 23.9. The Balaban J connectivity index is 1.46. The summed E-state index contributed by atoms with van der Waals surface area (Å²) in [5.41, 5.74) is 1.03. The van der Waals surface area contributed by atoms with E-state index in [0.717, 1.165) is 42.6 Å². The minimum absolute atomic E-state index is 0.158. The van der Waals surface area contributed by atoms with Gasteiger partial charge in [0.1, 0.15) is 23.7 Å². The number of benzene rings is 2. The van der Waals surface area contributed by atoms with Crippen LogP contribution in [-0.4, -0.2) is 65.8 Å². The van der Waals surface area contributed by atoms with E-state index in [4.69, 9.17) is 20.3 Å². The van der Waals surface area contributed by atoms with Crippen LogP contribution >= 0.6 is 11.8 Å². The number of hydrogen-bond donors (Lipinski definition) is 3. The van der Waals surface area contributed by atoms with Gasteiger partial charge in [0.05, 0.1) is 18.8 Å². The summed E-state index contributed by atoms with van der Waals surface area (Å²) in [5.74, 6) is -0.142. The first kappa shape index (κ1) is 23.7. The molecule has 1 aliphatic heterocycles. The fourth-order valence-corrected chi connectivity index (χ4v) is 4.44. The molecular formula is C25H26N4O4S. The topological polar surface area (TPSA) is 112 Å². The predicted molar refractivity (Wildman–Crippen MR) is 129 cm³/mol. The normalized spacial score (nSPS) is 14.0. The van der Waals surface area contributed by atoms with Crippen molar-refractivity contribution in [1.82, 2.24) is 9.47 Å². The summed E-state index contributed by atoms with van der Waals surface area (Å²) in [5, 5.41) is 26.2. The molecule has 34 heavy (non-hydrogen) atoms. The van der Waals surface area contributed by atoms with Crippen molar-refractivity contribution in [3.05, 3.63) is 83.5 Å². The Hall–Kier alpha value is -3.40. The molecule has 2 aromatic carbocycles. The van der Waals surface area contributed by atoms with Gasteiger partial charge < -0.3 is 14.6 Å². The number of carboxylic acid groups (broad SMARTS) is 1. The van der Waals surface area contributed by atoms with Crippen LogP contribution in [0.5, 0.6) is 5.75 Å². The quantitative estimate of drug-likeness (QED) is 0.338. The largest absolute Gasteiger partial charge is 0.492 e. The van der Waals surface area contributed by atoms with Crippen LogP contribution in [0, 0.1) is 10.8 Å². The summed E-state index contributed by atoms with van der Waals surface area (Å²) < 4.78 is 12.8. The Morgan fingerprint density at radius 1 is 1.03 bits per heavy atom. The highest BCUT2D eigenvalue weighted by atomic mass is 32.2. The lowest BCUT2D eigenvalue weighted by Gasteiger charge is -2.26. The third kappa shape index (κ3) is 6.13. The highest BCUT2D eigenvalue weighted by Crippen LogP contribution is 2.27. The zero-order valence-corrected chi connectivity index (χ0v) is 19.4. The number of nitrogens with zero attached hydrogens (tertiary/aromatic N) is 2. The van der Waals surface area contributed by atoms with E-state index in [-0.39, 0.29) is 16.9 Å². The summed E-state index contributed by atoms with van der Waals surface area (Å²) in [6, 6.07) is 17.4. The fourth-order valence-electron chi connectivity index (χ4n) is 3.54. The minimum Gasteiger partial charge on any atom is -0.492 e. The molecule has 176 valence electrons. The molecule has 9 heteroatoms. The van der Waals surface area contributed by atoms with Crippen LogP contribution in [0.25, 0.3) is 0 Å². The molecule has 1 aliphatic rings. The van der Waals surface area contributed by atoms with E-state index in [1.807, 2.05) is 30.3 Å². The molecule has 1 aromatic heterocycles. The first-order chi connectivity index (χ1) is 16.5. The van der Waals surface area contributed by atoms with Crippen molar-refractivity contribution in [3.63, 3.8) is 0 Å². The molecule has 1 fully saturated rings. The molecule has 0 bridgehead atoms. The number of carboxylic acids is 1. The SMILES string of the molecule is N=C(c1cccc(OCCN2CCOCC2)c1)n1cc(Sc2cccc(C(=O)O)c2)ccc1=N. The second-order valence-electron chi connectivity index (χ2n) is 7.73. The third-order valence-electron chi connectivity index (χ3n) is 5.37. The van der Waals surface area contributed by atoms with Crippen molar-refractivity contribution >= 4 is 23.6 Å². The first-order valence-corrected chi connectivity index (χ1v) is 11.7. The number of aromatic nitrogens is 1. The molecule has 3 N–H and O–H groups in total. The Morgan fingerprint density at radius 3 is 2.59 bits per heavy atom. The van der Waals surface area contributed by atoms with Crippen LogP contribution in [0.1, 0.15) is 15.9 Å². The predicted octanol–water partition coefficient (Wildman–Crippen LogP) is 3.40. The molecule has 8 nitrogen and oxygen atoms in total. The van der Waals surface area contributed by atoms with Gasteiger partial charge in [-0.2, -0.15) is 0 Å². The lowest BCUT2D eigenvalue weighted by Crippen LogP contribution is -2.38. The van der Waals surface area contributed by atoms with Crippen molar-refractivity contribution in [2.24, 2.45) is 0 Å². The van der Waals surface area contributed by atoms with E-state index in [1.165, 1.54) is 16.3 Å². The number of rotatable bonds is 8. The highest BCUT2D eigenvalue weighted by Gasteiger charge is 2.11. The molecule has 2 heterocycles. The number of carbonyl (C=O) groups is 1. The summed E-state index contributed by atoms with van der Waals surface area (Å²) >= 11 is 1.38. The van der Waals surface area contributed by atoms with Crippen LogP contribution in [0.15, 0.2) is 76.7 Å². The van der Waals surface area contributed by atoms with Crippen LogP contribution in [-0.2, 0) is 4.74 Å². The van der Waals surface area contributed by atoms with Crippen molar-refractivity contribution in [1.29, 1.82) is 10.8 Å². The van der Waals surface area contributed by atoms with Crippen molar-refractivity contribution in [2.75, 3.05) is 39.5 Å². The number of morpholine rings is 1. The van der Waals surface area contributed by atoms with Gasteiger partial charge in [0.15, 0.2) is 0 Å². The maximum absolute atomic E-state index is 11.2. The van der Waals surface area contributed by atoms with E-state index in [2.05, 4.69) is 4.90 Å². The molecule has 1 saturated heterocycles. The number of aromatic carboxylic acids is 1. The van der Waals surface area contributed by atoms with Crippen LogP contribution in [0.4, 0.5) is 0 Å². The van der Waals surface area contributed by atoms with Gasteiger partial charge in [-0.15, -0.1) is 0 Å². The van der Waals surface area contributed by atoms with E-state index >= 15 is 0 Å². The summed E-state index contributed by atoms with van der Waals surface area (Å²) in [4.78, 5) is 15.1. The van der Waals surface area contributed by atoms with Crippen molar-refractivity contribution in [3.8, 4) is 5.75 Å². The van der Waals surface area contributed by atoms with Crippen molar-refractivity contribution < 1.29 is 19.4 Å². The molecule has 0 amide bonds. The van der Waals surface area contributed by atoms with E-state index in [9.17, 15) is 9.90 Å². The van der Waals surface area contributed by atoms with Crippen LogP contribution in [0.2, 0.25) is 0 Å². The van der Waals surface area contributed by atoms with Gasteiger partial charge in [0.25, 0.3) is 0 Å². The average molecular weight is 479 g/mol. The number of ether oxygens (including phenoxy) is 2. The van der Waals surface area contributed by atoms with Gasteiger partial charge in [0, 0.05) is 41.2 Å². The first-order valence-electron chi connectivity index (χ1n) is 10.9. The summed E-state index contributed by atoms with van der Waals surface area (Å²) in [6.45, 7) is 4.69. The maximum Gasteiger partial charge on any atom is 0.335 e. The van der Waals surface area contributed by atoms with E-state index in [0.29, 0.717) is 17.9 Å². The molecule has 3 aromatic rings. The Bertz CT molecular complexity index is 1240. The van der Waals surface area contributed by atoms with Gasteiger partial charge in [0.2, 0.25) is 0 Å². The molecule has 0 radical (unpaired) electrons. The minimum atomic E-state index is -0.979. The summed E-state index contributed by atoms with van der Waals surface area (Å²) in [7, 11) is 0. The molecule has 0 aliphatic carbocycles. The Labute approximate surface area is 201 Å². The zero-order valence-electron chi connectivity index (χ0n) is 18.6. The van der Waals surface area contributed by atoms with Gasteiger partial charge in [-0.05, 0) is 42.5 Å². The van der Waals surface area contributed by atoms with Gasteiger partial charge in [-0.1, -0.05) is 30.0 Å². The lowest BCUT2D eigenvalue weighted by molar-refractivity contribution is 0.0322. The number of nitrogens with one attached hydrogen (secondary N) is 2. The molecule has 0 spiro atoms. The monoisotopic (exact) mass is 478 g/mol. The van der Waals surface area contributed by atoms with Gasteiger partial charge in [-0.25, -0.2) is 4.79 Å². The molecule has 0 saturated carbocycles. The number of pyridine rings is 1. The Morgan fingerprint density at radius 2 is 1.79 bits per heavy atom. The van der Waals surface area contributed by atoms with Gasteiger partial charge in [-0.3, -0.25) is 20.3 Å². The fraction of sp³-hybridized carbons (Fsp3) is 0.240. The van der Waals surface area contributed by atoms with Gasteiger partial charge >= 0.3 is 5.97 Å². The second kappa shape index (κ2) is 11.1. The molecule has 0 unspecified atom stereocenters. The standard InChI is InChI=1S/C25H26N4O4S/c26-23-8-7-22(34-21-6-2-4-19(16-21)25(30)31)17-29(23)24(27)18-3-1-5-20(15-18)33-14-11-28-9-12-32-13-10-28/h1-8,15-17,26-27H,9-14H2,(H,30,31). The lowest BCUT2D eigenvalue weighted by atomic mass is 10.2. The summed E-state index contributed by atoms with van der Waals surface area (Å²) in [6.07, 6.45) is 1.72. The maximum atomic E-state index is 11.2. The molecule has 0 atom stereocenters.